The maximum atomic E-state index is 14.6. The lowest BCUT2D eigenvalue weighted by Gasteiger charge is -2.36. The summed E-state index contributed by atoms with van der Waals surface area (Å²) < 4.78 is 19.2. The molecule has 3 N–H and O–H groups in total. The lowest BCUT2D eigenvalue weighted by atomic mass is 9.84. The zero-order chi connectivity index (χ0) is 43.6. The number of carbonyl (C=O) groups excluding carboxylic acids is 4. The molecule has 3 amide bonds. The summed E-state index contributed by atoms with van der Waals surface area (Å²) in [6.07, 6.45) is 7.76. The number of nitrogens with zero attached hydrogens (tertiary/aromatic N) is 5. The van der Waals surface area contributed by atoms with Gasteiger partial charge < -0.3 is 33.8 Å². The van der Waals surface area contributed by atoms with Crippen LogP contribution in [0.25, 0.3) is 33.3 Å². The van der Waals surface area contributed by atoms with Gasteiger partial charge in [-0.3, -0.25) is 29.2 Å². The number of amides is 3. The minimum Gasteiger partial charge on any atom is -0.508 e. The van der Waals surface area contributed by atoms with E-state index in [4.69, 9.17) is 13.9 Å². The van der Waals surface area contributed by atoms with Crippen molar-refractivity contribution in [2.75, 3.05) is 27.3 Å². The molecular formula is C46H55N7O8. The average molecular weight is 834 g/mol. The molecule has 1 fully saturated rings. The van der Waals surface area contributed by atoms with Crippen LogP contribution >= 0.6 is 0 Å². The van der Waals surface area contributed by atoms with E-state index in [9.17, 15) is 24.3 Å². The fourth-order valence-electron chi connectivity index (χ4n) is 8.72. The highest BCUT2D eigenvalue weighted by Gasteiger charge is 2.38. The minimum absolute atomic E-state index is 0.0111. The normalized spacial score (nSPS) is 18.7. The molecule has 2 aliphatic heterocycles. The van der Waals surface area contributed by atoms with Gasteiger partial charge in [-0.1, -0.05) is 39.8 Å². The Morgan fingerprint density at radius 2 is 1.92 bits per heavy atom. The van der Waals surface area contributed by atoms with Crippen LogP contribution in [0.1, 0.15) is 74.8 Å². The van der Waals surface area contributed by atoms with E-state index in [1.807, 2.05) is 24.4 Å². The Morgan fingerprint density at radius 3 is 2.64 bits per heavy atom. The lowest BCUT2D eigenvalue weighted by Crippen LogP contribution is -2.62. The number of rotatable bonds is 9. The third-order valence-corrected chi connectivity index (χ3v) is 11.6. The van der Waals surface area contributed by atoms with Gasteiger partial charge in [0.1, 0.15) is 30.1 Å². The van der Waals surface area contributed by atoms with E-state index in [-0.39, 0.29) is 37.1 Å². The highest BCUT2D eigenvalue weighted by molar-refractivity contribution is 5.97. The number of hydrazine groups is 1. The molecular weight excluding hydrogens is 779 g/mol. The van der Waals surface area contributed by atoms with Gasteiger partial charge in [0, 0.05) is 67.9 Å². The molecule has 1 saturated heterocycles. The number of methoxy groups -OCH3 is 1. The number of aromatic nitrogens is 3. The van der Waals surface area contributed by atoms with Crippen LogP contribution in [0, 0.1) is 11.3 Å². The molecule has 322 valence electrons. The minimum atomic E-state index is -1.16. The molecule has 2 aliphatic rings. The van der Waals surface area contributed by atoms with Gasteiger partial charge in [0.15, 0.2) is 0 Å². The molecule has 15 nitrogen and oxygen atoms in total. The number of nitrogens with one attached hydrogen (secondary N) is 2. The van der Waals surface area contributed by atoms with E-state index in [0.29, 0.717) is 38.0 Å². The third kappa shape index (κ3) is 9.03. The van der Waals surface area contributed by atoms with Crippen LogP contribution in [-0.4, -0.2) is 98.7 Å². The fourth-order valence-corrected chi connectivity index (χ4v) is 8.72. The number of carbonyl (C=O) groups is 4. The molecule has 7 rings (SSSR count). The first kappa shape index (κ1) is 43.0. The zero-order valence-electron chi connectivity index (χ0n) is 35.9. The number of phenolic OH excluding ortho intramolecular Hbond substituents is 1. The molecule has 0 aliphatic carbocycles. The number of oxazole rings is 1. The number of phenols is 1. The van der Waals surface area contributed by atoms with E-state index < -0.39 is 47.2 Å². The number of aryl methyl sites for hydroxylation is 1. The second kappa shape index (κ2) is 17.9. The lowest BCUT2D eigenvalue weighted by molar-refractivity contribution is -0.155. The smallest absolute Gasteiger partial charge is 0.324 e. The molecule has 6 bridgehead atoms. The third-order valence-electron chi connectivity index (χ3n) is 11.6. The number of esters is 1. The van der Waals surface area contributed by atoms with E-state index in [1.54, 1.807) is 39.3 Å². The van der Waals surface area contributed by atoms with Gasteiger partial charge in [0.05, 0.1) is 25.1 Å². The summed E-state index contributed by atoms with van der Waals surface area (Å²) in [5.74, 6) is -2.66. The summed E-state index contributed by atoms with van der Waals surface area (Å²) in [5.41, 5.74) is 9.72. The van der Waals surface area contributed by atoms with Gasteiger partial charge in [-0.25, -0.2) is 10.4 Å². The van der Waals surface area contributed by atoms with E-state index in [1.165, 1.54) is 29.4 Å². The SMILES string of the molecule is CCn1c(-c2cnccc2COC)c2c3cc(ccc31)-c1cc(O)cc(c1)C[C@H](NC(=O)[C@H](C(C)C)N(C)C(=O)c1ncco1)C(=O)N1CCC[C@H](N1)C(=O)OCC(C)(C)C2. The summed E-state index contributed by atoms with van der Waals surface area (Å²) >= 11 is 0. The van der Waals surface area contributed by atoms with Crippen molar-refractivity contribution in [1.82, 2.24) is 35.2 Å². The van der Waals surface area contributed by atoms with Crippen molar-refractivity contribution in [2.24, 2.45) is 11.3 Å². The fraction of sp³-hybridized carbons (Fsp3) is 0.435. The van der Waals surface area contributed by atoms with E-state index in [0.717, 1.165) is 44.4 Å². The second-order valence-corrected chi connectivity index (χ2v) is 17.1. The first-order chi connectivity index (χ1) is 29.2. The van der Waals surface area contributed by atoms with Gasteiger partial charge >= 0.3 is 11.9 Å². The van der Waals surface area contributed by atoms with Crippen molar-refractivity contribution in [3.8, 4) is 28.1 Å². The van der Waals surface area contributed by atoms with Crippen LogP contribution < -0.4 is 10.7 Å². The summed E-state index contributed by atoms with van der Waals surface area (Å²) in [6, 6.07) is 10.4. The number of fused-ring (bicyclic) bond motifs is 6. The molecule has 0 saturated carbocycles. The van der Waals surface area contributed by atoms with Gasteiger partial charge in [0.25, 0.3) is 11.8 Å². The maximum Gasteiger partial charge on any atom is 0.324 e. The Balaban J connectivity index is 1.35. The topological polar surface area (TPSA) is 181 Å². The summed E-state index contributed by atoms with van der Waals surface area (Å²) in [6.45, 7) is 11.3. The van der Waals surface area contributed by atoms with Crippen LogP contribution in [0.3, 0.4) is 0 Å². The molecule has 15 heteroatoms. The number of hydrogen-bond donors (Lipinski definition) is 3. The van der Waals surface area contributed by atoms with Crippen molar-refractivity contribution < 1.29 is 38.2 Å². The summed E-state index contributed by atoms with van der Waals surface area (Å²) in [5, 5.41) is 16.5. The largest absolute Gasteiger partial charge is 0.508 e. The number of cyclic esters (lactones) is 1. The summed E-state index contributed by atoms with van der Waals surface area (Å²) in [4.78, 5) is 65.7. The van der Waals surface area contributed by atoms with E-state index in [2.05, 4.69) is 58.2 Å². The number of aromatic hydroxyl groups is 1. The van der Waals surface area contributed by atoms with Crippen LogP contribution in [0.15, 0.2) is 71.7 Å². The first-order valence-corrected chi connectivity index (χ1v) is 20.8. The van der Waals surface area contributed by atoms with Crippen LogP contribution in [0.4, 0.5) is 0 Å². The quantitative estimate of drug-likeness (QED) is 0.156. The number of ether oxygens (including phenoxy) is 2. The van der Waals surface area contributed by atoms with Crippen LogP contribution in [0.2, 0.25) is 0 Å². The average Bonchev–Trinajstić information content (AvgIpc) is 3.88. The monoisotopic (exact) mass is 833 g/mol. The molecule has 2 aromatic carbocycles. The van der Waals surface area contributed by atoms with Crippen molar-refractivity contribution in [3.63, 3.8) is 0 Å². The Morgan fingerprint density at radius 1 is 1.11 bits per heavy atom. The number of pyridine rings is 1. The van der Waals surface area contributed by atoms with Gasteiger partial charge in [-0.15, -0.1) is 0 Å². The van der Waals surface area contributed by atoms with Crippen molar-refractivity contribution in [3.05, 3.63) is 89.9 Å². The van der Waals surface area contributed by atoms with Crippen molar-refractivity contribution in [2.45, 2.75) is 91.6 Å². The Bertz CT molecular complexity index is 2420. The van der Waals surface area contributed by atoms with Gasteiger partial charge in [0.2, 0.25) is 5.91 Å². The molecule has 0 spiro atoms. The highest BCUT2D eigenvalue weighted by atomic mass is 16.5. The molecule has 3 aromatic heterocycles. The van der Waals surface area contributed by atoms with E-state index >= 15 is 0 Å². The number of hydrogen-bond acceptors (Lipinski definition) is 11. The van der Waals surface area contributed by atoms with Crippen LogP contribution in [-0.2, 0) is 49.9 Å². The molecule has 5 heterocycles. The van der Waals surface area contributed by atoms with Crippen molar-refractivity contribution >= 4 is 34.6 Å². The van der Waals surface area contributed by atoms with Crippen molar-refractivity contribution in [1.29, 1.82) is 0 Å². The van der Waals surface area contributed by atoms with Gasteiger partial charge in [-0.05, 0) is 90.3 Å². The zero-order valence-corrected chi connectivity index (χ0v) is 35.9. The molecule has 0 radical (unpaired) electrons. The van der Waals surface area contributed by atoms with Gasteiger partial charge in [-0.2, -0.15) is 0 Å². The molecule has 61 heavy (non-hydrogen) atoms. The first-order valence-electron chi connectivity index (χ1n) is 20.8. The Kier molecular flexibility index (Phi) is 12.6. The Labute approximate surface area is 355 Å². The molecule has 3 atom stereocenters. The number of likely N-dealkylation sites (N-methyl/N-ethyl adjacent to an activating group) is 1. The summed E-state index contributed by atoms with van der Waals surface area (Å²) in [7, 11) is 3.16. The maximum absolute atomic E-state index is 14.6. The molecule has 5 aromatic rings. The highest BCUT2D eigenvalue weighted by Crippen LogP contribution is 2.41. The van der Waals surface area contributed by atoms with Crippen LogP contribution in [0.5, 0.6) is 5.75 Å². The predicted octanol–water partition coefficient (Wildman–Crippen LogP) is 5.68. The Hall–Kier alpha value is -6.06. The second-order valence-electron chi connectivity index (χ2n) is 17.1. The standard InChI is InChI=1S/C46H55N7O8/c1-8-52-38-12-11-29-22-33(38)34(40(52)35-24-47-14-13-30(35)25-59-7)23-46(4,5)26-61-45(58)36-10-9-16-53(50-36)43(56)37(20-28-18-31(29)21-32(54)19-28)49-41(55)39(27(2)3)51(6)44(57)42-48-15-17-60-42/h11-15,17-19,21-22,24,27,36-37,39,50,54H,8-10,16,20,23,25-26H2,1-7H3,(H,49,55)/t36-,37-,39-/m0/s1. The molecule has 0 unspecified atom stereocenters. The number of benzene rings is 2. The predicted molar refractivity (Wildman–Crippen MR) is 228 cm³/mol.